The van der Waals surface area contributed by atoms with Crippen molar-refractivity contribution in [3.8, 4) is 11.5 Å². The molecule has 3 aromatic carbocycles. The maximum absolute atomic E-state index is 13.3. The molecule has 0 radical (unpaired) electrons. The molecule has 4 N–H and O–H groups in total. The first-order valence-corrected chi connectivity index (χ1v) is 12.2. The number of nitrogens with two attached hydrogens (primary N) is 1. The van der Waals surface area contributed by atoms with Crippen LogP contribution in [0.3, 0.4) is 0 Å². The second-order valence-electron chi connectivity index (χ2n) is 8.26. The number of benzene rings is 3. The summed E-state index contributed by atoms with van der Waals surface area (Å²) >= 11 is 3.39. The maximum atomic E-state index is 13.3. The van der Waals surface area contributed by atoms with Crippen LogP contribution in [-0.2, 0) is 6.42 Å². The number of ether oxygens (including phenoxy) is 1. The van der Waals surface area contributed by atoms with Crippen LogP contribution in [0.5, 0.6) is 11.5 Å². The van der Waals surface area contributed by atoms with Gasteiger partial charge in [-0.15, -0.1) is 0 Å². The van der Waals surface area contributed by atoms with Crippen LogP contribution in [0.25, 0.3) is 22.2 Å². The molecule has 5 rings (SSSR count). The normalized spacial score (nSPS) is 11.4. The van der Waals surface area contributed by atoms with Crippen molar-refractivity contribution in [1.82, 2.24) is 20.0 Å². The number of carbonyl (C=O) groups excluding carboxylic acids is 1. The Balaban J connectivity index is 1.50. The summed E-state index contributed by atoms with van der Waals surface area (Å²) in [5.41, 5.74) is 10.1. The van der Waals surface area contributed by atoms with Crippen LogP contribution in [0, 0.1) is 0 Å². The van der Waals surface area contributed by atoms with Gasteiger partial charge >= 0.3 is 0 Å². The molecule has 0 fully saturated rings. The maximum Gasteiger partial charge on any atom is 0.257 e. The van der Waals surface area contributed by atoms with Gasteiger partial charge < -0.3 is 20.9 Å². The molecule has 0 bridgehead atoms. The van der Waals surface area contributed by atoms with Crippen LogP contribution in [-0.4, -0.2) is 45.5 Å². The fraction of sp³-hybridized carbons (Fsp3) is 0.111. The highest BCUT2D eigenvalue weighted by Gasteiger charge is 2.24. The van der Waals surface area contributed by atoms with E-state index in [1.807, 2.05) is 48.5 Å². The van der Waals surface area contributed by atoms with Crippen molar-refractivity contribution in [2.75, 3.05) is 19.4 Å². The SMILES string of the molecule is COc1ccc(CCNC(=O)c2c(N)n(N=Cc3cc(Br)ccc3O)c3nc4ccccc4nc23)cc1. The van der Waals surface area contributed by atoms with E-state index < -0.39 is 0 Å². The predicted octanol–water partition coefficient (Wildman–Crippen LogP) is 4.50. The Hall–Kier alpha value is -4.44. The van der Waals surface area contributed by atoms with Crippen LogP contribution < -0.4 is 15.8 Å². The minimum absolute atomic E-state index is 0.0509. The second-order valence-corrected chi connectivity index (χ2v) is 9.17. The highest BCUT2D eigenvalue weighted by atomic mass is 79.9. The summed E-state index contributed by atoms with van der Waals surface area (Å²) in [6, 6.07) is 20.0. The minimum atomic E-state index is -0.375. The van der Waals surface area contributed by atoms with Crippen LogP contribution in [0.15, 0.2) is 76.3 Å². The lowest BCUT2D eigenvalue weighted by Gasteiger charge is -2.06. The molecular formula is C27H23BrN6O3. The quantitative estimate of drug-likeness (QED) is 0.252. The van der Waals surface area contributed by atoms with E-state index in [-0.39, 0.29) is 23.0 Å². The fourth-order valence-corrected chi connectivity index (χ4v) is 4.32. The number of carbonyl (C=O) groups is 1. The van der Waals surface area contributed by atoms with Crippen molar-refractivity contribution in [2.45, 2.75) is 6.42 Å². The number of nitrogens with one attached hydrogen (secondary N) is 1. The molecule has 5 aromatic rings. The topological polar surface area (TPSA) is 128 Å². The number of halogens is 1. The number of fused-ring (bicyclic) bond motifs is 2. The molecule has 0 spiro atoms. The summed E-state index contributed by atoms with van der Waals surface area (Å²) in [6.07, 6.45) is 2.08. The molecule has 0 aliphatic heterocycles. The van der Waals surface area contributed by atoms with Gasteiger partial charge in [0.05, 0.1) is 24.4 Å². The number of para-hydroxylation sites is 2. The number of phenols is 1. The van der Waals surface area contributed by atoms with E-state index >= 15 is 0 Å². The highest BCUT2D eigenvalue weighted by molar-refractivity contribution is 9.10. The first-order valence-electron chi connectivity index (χ1n) is 11.5. The monoisotopic (exact) mass is 558 g/mol. The Kier molecular flexibility index (Phi) is 6.74. The first kappa shape index (κ1) is 24.3. The van der Waals surface area contributed by atoms with Gasteiger partial charge in [0, 0.05) is 16.6 Å². The van der Waals surface area contributed by atoms with E-state index in [1.165, 1.54) is 10.9 Å². The number of amides is 1. The summed E-state index contributed by atoms with van der Waals surface area (Å²) in [6.45, 7) is 0.396. The fourth-order valence-electron chi connectivity index (χ4n) is 3.94. The Morgan fingerprint density at radius 3 is 2.59 bits per heavy atom. The third-order valence-electron chi connectivity index (χ3n) is 5.86. The number of phenolic OH excluding ortho intramolecular Hbond substituents is 1. The van der Waals surface area contributed by atoms with Crippen molar-refractivity contribution >= 4 is 56.1 Å². The number of hydrogen-bond donors (Lipinski definition) is 3. The molecule has 0 saturated heterocycles. The van der Waals surface area contributed by atoms with Gasteiger partial charge in [-0.25, -0.2) is 9.97 Å². The van der Waals surface area contributed by atoms with Crippen molar-refractivity contribution in [1.29, 1.82) is 0 Å². The van der Waals surface area contributed by atoms with Crippen molar-refractivity contribution < 1.29 is 14.6 Å². The molecule has 2 aromatic heterocycles. The number of aromatic hydroxyl groups is 1. The summed E-state index contributed by atoms with van der Waals surface area (Å²) in [4.78, 5) is 22.7. The number of aromatic nitrogens is 3. The van der Waals surface area contributed by atoms with E-state index in [0.29, 0.717) is 40.7 Å². The average molecular weight is 559 g/mol. The number of anilines is 1. The molecule has 37 heavy (non-hydrogen) atoms. The average Bonchev–Trinajstić information content (AvgIpc) is 3.18. The van der Waals surface area contributed by atoms with Gasteiger partial charge in [-0.05, 0) is 54.4 Å². The third kappa shape index (κ3) is 4.96. The summed E-state index contributed by atoms with van der Waals surface area (Å²) in [5, 5.41) is 17.6. The summed E-state index contributed by atoms with van der Waals surface area (Å²) in [5.74, 6) is 0.545. The minimum Gasteiger partial charge on any atom is -0.507 e. The molecule has 9 nitrogen and oxygen atoms in total. The van der Waals surface area contributed by atoms with Gasteiger partial charge in [0.15, 0.2) is 5.65 Å². The number of rotatable bonds is 7. The highest BCUT2D eigenvalue weighted by Crippen LogP contribution is 2.28. The van der Waals surface area contributed by atoms with E-state index in [2.05, 4.69) is 36.3 Å². The van der Waals surface area contributed by atoms with Crippen molar-refractivity contribution in [3.63, 3.8) is 0 Å². The van der Waals surface area contributed by atoms with Crippen LogP contribution in [0.4, 0.5) is 5.82 Å². The number of nitrogens with zero attached hydrogens (tertiary/aromatic N) is 4. The zero-order chi connectivity index (χ0) is 25.9. The van der Waals surface area contributed by atoms with Crippen LogP contribution in [0.1, 0.15) is 21.5 Å². The number of methoxy groups -OCH3 is 1. The van der Waals surface area contributed by atoms with E-state index in [9.17, 15) is 9.90 Å². The molecule has 0 aliphatic rings. The van der Waals surface area contributed by atoms with Crippen molar-refractivity contribution in [2.24, 2.45) is 5.10 Å². The lowest BCUT2D eigenvalue weighted by Crippen LogP contribution is -2.26. The summed E-state index contributed by atoms with van der Waals surface area (Å²) in [7, 11) is 1.62. The van der Waals surface area contributed by atoms with Gasteiger partial charge in [-0.3, -0.25) is 4.79 Å². The van der Waals surface area contributed by atoms with Gasteiger partial charge in [-0.2, -0.15) is 9.78 Å². The first-order chi connectivity index (χ1) is 17.9. The Labute approximate surface area is 220 Å². The lowest BCUT2D eigenvalue weighted by atomic mass is 10.1. The van der Waals surface area contributed by atoms with E-state index in [0.717, 1.165) is 15.8 Å². The molecule has 0 aliphatic carbocycles. The Morgan fingerprint density at radius 1 is 1.14 bits per heavy atom. The van der Waals surface area contributed by atoms with Gasteiger partial charge in [0.25, 0.3) is 5.91 Å². The molecule has 0 unspecified atom stereocenters. The van der Waals surface area contributed by atoms with Crippen LogP contribution in [0.2, 0.25) is 0 Å². The second kappa shape index (κ2) is 10.3. The lowest BCUT2D eigenvalue weighted by molar-refractivity contribution is 0.0956. The zero-order valence-corrected chi connectivity index (χ0v) is 21.4. The van der Waals surface area contributed by atoms with E-state index in [1.54, 1.807) is 25.3 Å². The molecule has 2 heterocycles. The van der Waals surface area contributed by atoms with Gasteiger partial charge in [0.1, 0.15) is 28.4 Å². The number of nitrogen functional groups attached to an aromatic ring is 1. The summed E-state index contributed by atoms with van der Waals surface area (Å²) < 4.78 is 7.34. The standard InChI is InChI=1S/C27H23BrN6O3/c1-37-19-9-6-16(7-10-19)12-13-30-27(36)23-24-26(33-21-5-3-2-4-20(21)32-24)34(25(23)29)31-15-17-14-18(28)8-11-22(17)35/h2-11,14-15,35H,12-13,29H2,1H3,(H,30,36). The Morgan fingerprint density at radius 2 is 1.86 bits per heavy atom. The van der Waals surface area contributed by atoms with Gasteiger partial charge in [0.2, 0.25) is 0 Å². The zero-order valence-electron chi connectivity index (χ0n) is 19.9. The molecular weight excluding hydrogens is 536 g/mol. The molecule has 1 amide bonds. The molecule has 0 saturated carbocycles. The largest absolute Gasteiger partial charge is 0.507 e. The Bertz CT molecular complexity index is 1650. The third-order valence-corrected chi connectivity index (χ3v) is 6.35. The predicted molar refractivity (Wildman–Crippen MR) is 147 cm³/mol. The van der Waals surface area contributed by atoms with Crippen LogP contribution >= 0.6 is 15.9 Å². The molecule has 10 heteroatoms. The van der Waals surface area contributed by atoms with Gasteiger partial charge in [-0.1, -0.05) is 40.2 Å². The smallest absolute Gasteiger partial charge is 0.257 e. The molecule has 186 valence electrons. The number of hydrogen-bond acceptors (Lipinski definition) is 7. The van der Waals surface area contributed by atoms with E-state index in [4.69, 9.17) is 10.5 Å². The van der Waals surface area contributed by atoms with Crippen molar-refractivity contribution in [3.05, 3.63) is 87.9 Å². The molecule has 0 atom stereocenters.